The summed E-state index contributed by atoms with van der Waals surface area (Å²) in [4.78, 5) is 4.25. The van der Waals surface area contributed by atoms with Gasteiger partial charge in [-0.05, 0) is 37.4 Å². The predicted octanol–water partition coefficient (Wildman–Crippen LogP) is 2.33. The first kappa shape index (κ1) is 11.4. The van der Waals surface area contributed by atoms with Crippen molar-refractivity contribution in [2.45, 2.75) is 44.8 Å². The Morgan fingerprint density at radius 1 is 1.44 bits per heavy atom. The molecule has 0 unspecified atom stereocenters. The highest BCUT2D eigenvalue weighted by Crippen LogP contribution is 2.26. The topological polar surface area (TPSA) is 34.1 Å². The molecule has 1 aliphatic rings. The first-order valence-corrected chi connectivity index (χ1v) is 5.99. The maximum Gasteiger partial charge on any atom is 0.213 e. The number of nitrogens with one attached hydrogen (secondary N) is 1. The van der Waals surface area contributed by atoms with Crippen LogP contribution in [0.25, 0.3) is 0 Å². The van der Waals surface area contributed by atoms with Crippen LogP contribution in [0.15, 0.2) is 18.3 Å². The molecule has 1 aliphatic carbocycles. The Labute approximate surface area is 97.2 Å². The minimum atomic E-state index is 0.340. The number of ether oxygens (including phenoxy) is 1. The van der Waals surface area contributed by atoms with Gasteiger partial charge in [0.25, 0.3) is 0 Å². The van der Waals surface area contributed by atoms with Gasteiger partial charge >= 0.3 is 0 Å². The van der Waals surface area contributed by atoms with Crippen LogP contribution in [0.3, 0.4) is 0 Å². The molecule has 0 bridgehead atoms. The highest BCUT2D eigenvalue weighted by Gasteiger charge is 2.29. The van der Waals surface area contributed by atoms with E-state index in [-0.39, 0.29) is 0 Å². The highest BCUT2D eigenvalue weighted by molar-refractivity contribution is 5.23. The summed E-state index contributed by atoms with van der Waals surface area (Å²) in [5.74, 6) is 1.29. The minimum absolute atomic E-state index is 0.340. The van der Waals surface area contributed by atoms with Gasteiger partial charge in [0.1, 0.15) is 6.10 Å². The fourth-order valence-corrected chi connectivity index (χ4v) is 1.92. The van der Waals surface area contributed by atoms with Gasteiger partial charge in [-0.3, -0.25) is 0 Å². The van der Waals surface area contributed by atoms with Gasteiger partial charge < -0.3 is 10.1 Å². The monoisotopic (exact) mass is 220 g/mol. The fourth-order valence-electron chi connectivity index (χ4n) is 1.92. The average Bonchev–Trinajstić information content (AvgIpc) is 2.23. The molecule has 0 aromatic carbocycles. The summed E-state index contributed by atoms with van der Waals surface area (Å²) in [7, 11) is 2.00. The zero-order valence-electron chi connectivity index (χ0n) is 10.2. The summed E-state index contributed by atoms with van der Waals surface area (Å²) in [6, 6.07) is 4.73. The minimum Gasteiger partial charge on any atom is -0.474 e. The SMILES string of the molecule is CN[C@H]1C[C@H](Oc2cc(C(C)C)ccn2)C1. The van der Waals surface area contributed by atoms with Gasteiger partial charge in [-0.15, -0.1) is 0 Å². The van der Waals surface area contributed by atoms with E-state index in [1.807, 2.05) is 13.2 Å². The Kier molecular flexibility index (Phi) is 3.44. The van der Waals surface area contributed by atoms with Crippen LogP contribution >= 0.6 is 0 Å². The predicted molar refractivity (Wildman–Crippen MR) is 64.8 cm³/mol. The summed E-state index contributed by atoms with van der Waals surface area (Å²) >= 11 is 0. The number of nitrogens with zero attached hydrogens (tertiary/aromatic N) is 1. The lowest BCUT2D eigenvalue weighted by atomic mass is 9.89. The molecular weight excluding hydrogens is 200 g/mol. The van der Waals surface area contributed by atoms with Crippen LogP contribution in [0.1, 0.15) is 38.2 Å². The summed E-state index contributed by atoms with van der Waals surface area (Å²) in [6.07, 6.45) is 4.35. The molecule has 16 heavy (non-hydrogen) atoms. The van der Waals surface area contributed by atoms with Crippen molar-refractivity contribution in [2.75, 3.05) is 7.05 Å². The molecule has 1 saturated carbocycles. The van der Waals surface area contributed by atoms with Crippen LogP contribution in [0.5, 0.6) is 5.88 Å². The van der Waals surface area contributed by atoms with Gasteiger partial charge in [-0.2, -0.15) is 0 Å². The van der Waals surface area contributed by atoms with E-state index < -0.39 is 0 Å². The highest BCUT2D eigenvalue weighted by atomic mass is 16.5. The zero-order chi connectivity index (χ0) is 11.5. The van der Waals surface area contributed by atoms with E-state index in [2.05, 4.69) is 36.3 Å². The molecule has 0 aliphatic heterocycles. The van der Waals surface area contributed by atoms with Crippen molar-refractivity contribution in [1.29, 1.82) is 0 Å². The normalized spacial score (nSPS) is 24.2. The van der Waals surface area contributed by atoms with Gasteiger partial charge in [0.2, 0.25) is 5.88 Å². The van der Waals surface area contributed by atoms with Crippen LogP contribution in [-0.2, 0) is 0 Å². The maximum absolute atomic E-state index is 5.82. The second kappa shape index (κ2) is 4.83. The molecule has 0 atom stereocenters. The van der Waals surface area contributed by atoms with E-state index >= 15 is 0 Å². The van der Waals surface area contributed by atoms with E-state index in [9.17, 15) is 0 Å². The van der Waals surface area contributed by atoms with Crippen molar-refractivity contribution in [3.8, 4) is 5.88 Å². The molecular formula is C13H20N2O. The molecule has 0 spiro atoms. The Bertz CT molecular complexity index is 346. The van der Waals surface area contributed by atoms with Gasteiger partial charge in [0.15, 0.2) is 0 Å². The van der Waals surface area contributed by atoms with Crippen LogP contribution in [0, 0.1) is 0 Å². The Morgan fingerprint density at radius 3 is 2.81 bits per heavy atom. The first-order chi connectivity index (χ1) is 7.69. The Hall–Kier alpha value is -1.09. The molecule has 0 amide bonds. The van der Waals surface area contributed by atoms with Crippen molar-refractivity contribution in [3.05, 3.63) is 23.9 Å². The van der Waals surface area contributed by atoms with Crippen LogP contribution in [0.4, 0.5) is 0 Å². The van der Waals surface area contributed by atoms with Gasteiger partial charge in [0, 0.05) is 18.3 Å². The third-order valence-corrected chi connectivity index (χ3v) is 3.22. The first-order valence-electron chi connectivity index (χ1n) is 5.99. The molecule has 3 nitrogen and oxygen atoms in total. The molecule has 3 heteroatoms. The van der Waals surface area contributed by atoms with Gasteiger partial charge in [0.05, 0.1) is 0 Å². The van der Waals surface area contributed by atoms with E-state index in [0.29, 0.717) is 18.1 Å². The summed E-state index contributed by atoms with van der Waals surface area (Å²) in [6.45, 7) is 4.36. The lowest BCUT2D eigenvalue weighted by molar-refractivity contribution is 0.0838. The summed E-state index contributed by atoms with van der Waals surface area (Å²) in [5.41, 5.74) is 1.29. The van der Waals surface area contributed by atoms with E-state index in [0.717, 1.165) is 18.7 Å². The standard InChI is InChI=1S/C13H20N2O/c1-9(2)10-4-5-15-13(6-10)16-12-7-11(8-12)14-3/h4-6,9,11-12,14H,7-8H2,1-3H3/t11-,12-. The molecule has 1 heterocycles. The number of pyridine rings is 1. The summed E-state index contributed by atoms with van der Waals surface area (Å²) in [5, 5.41) is 3.25. The fraction of sp³-hybridized carbons (Fsp3) is 0.615. The van der Waals surface area contributed by atoms with Crippen LogP contribution in [-0.4, -0.2) is 24.2 Å². The smallest absolute Gasteiger partial charge is 0.213 e. The quantitative estimate of drug-likeness (QED) is 0.845. The molecule has 1 fully saturated rings. The largest absolute Gasteiger partial charge is 0.474 e. The Morgan fingerprint density at radius 2 is 2.19 bits per heavy atom. The van der Waals surface area contributed by atoms with Crippen molar-refractivity contribution in [1.82, 2.24) is 10.3 Å². The molecule has 1 N–H and O–H groups in total. The average molecular weight is 220 g/mol. The third-order valence-electron chi connectivity index (χ3n) is 3.22. The van der Waals surface area contributed by atoms with Gasteiger partial charge in [-0.1, -0.05) is 13.8 Å². The number of hydrogen-bond acceptors (Lipinski definition) is 3. The van der Waals surface area contributed by atoms with Crippen LogP contribution in [0.2, 0.25) is 0 Å². The number of hydrogen-bond donors (Lipinski definition) is 1. The van der Waals surface area contributed by atoms with Crippen molar-refractivity contribution in [2.24, 2.45) is 0 Å². The van der Waals surface area contributed by atoms with Crippen molar-refractivity contribution < 1.29 is 4.74 Å². The molecule has 1 aromatic rings. The van der Waals surface area contributed by atoms with E-state index in [1.165, 1.54) is 5.56 Å². The lowest BCUT2D eigenvalue weighted by Gasteiger charge is -2.34. The van der Waals surface area contributed by atoms with Crippen molar-refractivity contribution >= 4 is 0 Å². The lowest BCUT2D eigenvalue weighted by Crippen LogP contribution is -2.45. The molecule has 1 aromatic heterocycles. The molecule has 0 radical (unpaired) electrons. The number of rotatable bonds is 4. The Balaban J connectivity index is 1.92. The third kappa shape index (κ3) is 2.53. The maximum atomic E-state index is 5.82. The number of aromatic nitrogens is 1. The zero-order valence-corrected chi connectivity index (χ0v) is 10.2. The molecule has 2 rings (SSSR count). The van der Waals surface area contributed by atoms with E-state index in [1.54, 1.807) is 0 Å². The molecule has 0 saturated heterocycles. The second-order valence-corrected chi connectivity index (χ2v) is 4.78. The van der Waals surface area contributed by atoms with Gasteiger partial charge in [-0.25, -0.2) is 4.98 Å². The summed E-state index contributed by atoms with van der Waals surface area (Å²) < 4.78 is 5.82. The van der Waals surface area contributed by atoms with E-state index in [4.69, 9.17) is 4.74 Å². The second-order valence-electron chi connectivity index (χ2n) is 4.78. The molecule has 88 valence electrons. The van der Waals surface area contributed by atoms with Crippen molar-refractivity contribution in [3.63, 3.8) is 0 Å². The van der Waals surface area contributed by atoms with Crippen LogP contribution < -0.4 is 10.1 Å².